The van der Waals surface area contributed by atoms with Crippen molar-refractivity contribution in [1.82, 2.24) is 20.5 Å². The average Bonchev–Trinajstić information content (AvgIpc) is 2.92. The Morgan fingerprint density at radius 2 is 2.23 bits per heavy atom. The molecule has 2 atom stereocenters. The molecular formula is C19H31N5O2. The van der Waals surface area contributed by atoms with Crippen molar-refractivity contribution < 1.29 is 9.59 Å². The van der Waals surface area contributed by atoms with Gasteiger partial charge in [-0.1, -0.05) is 25.8 Å². The molecular weight excluding hydrogens is 330 g/mol. The molecule has 1 saturated heterocycles. The summed E-state index contributed by atoms with van der Waals surface area (Å²) in [6.07, 6.45) is 7.03. The molecule has 7 nitrogen and oxygen atoms in total. The number of carbonyl (C=O) groups excluding carboxylic acids is 2. The fourth-order valence-electron chi connectivity index (χ4n) is 3.40. The summed E-state index contributed by atoms with van der Waals surface area (Å²) < 4.78 is 0. The number of amides is 3. The van der Waals surface area contributed by atoms with Crippen molar-refractivity contribution in [3.8, 4) is 0 Å². The quantitative estimate of drug-likeness (QED) is 0.657. The van der Waals surface area contributed by atoms with Crippen LogP contribution in [0.2, 0.25) is 0 Å². The third-order valence-electron chi connectivity index (χ3n) is 4.79. The molecule has 3 amide bonds. The smallest absolute Gasteiger partial charge is 0.312 e. The van der Waals surface area contributed by atoms with E-state index in [0.717, 1.165) is 50.9 Å². The van der Waals surface area contributed by atoms with E-state index in [9.17, 15) is 9.59 Å². The van der Waals surface area contributed by atoms with Crippen molar-refractivity contribution >= 4 is 11.9 Å². The van der Waals surface area contributed by atoms with Crippen molar-refractivity contribution in [2.24, 2.45) is 5.73 Å². The van der Waals surface area contributed by atoms with Gasteiger partial charge < -0.3 is 21.3 Å². The number of nitrogens with one attached hydrogen (secondary N) is 2. The third kappa shape index (κ3) is 6.29. The summed E-state index contributed by atoms with van der Waals surface area (Å²) in [4.78, 5) is 31.0. The lowest BCUT2D eigenvalue weighted by Crippen LogP contribution is -2.52. The predicted molar refractivity (Wildman–Crippen MR) is 101 cm³/mol. The first-order chi connectivity index (χ1) is 12.6. The second kappa shape index (κ2) is 10.8. The Bertz CT molecular complexity index is 558. The van der Waals surface area contributed by atoms with Crippen LogP contribution in [-0.4, -0.2) is 47.0 Å². The SMILES string of the molecule is CCCCC(NC(N)=O)C(=O)N(Cc1ccccn1)C1CCCNCC1. The van der Waals surface area contributed by atoms with Crippen LogP contribution in [0.15, 0.2) is 24.4 Å². The number of hydrogen-bond donors (Lipinski definition) is 3. The zero-order valence-electron chi connectivity index (χ0n) is 15.6. The monoisotopic (exact) mass is 361 g/mol. The molecule has 7 heteroatoms. The van der Waals surface area contributed by atoms with E-state index in [1.807, 2.05) is 23.1 Å². The lowest BCUT2D eigenvalue weighted by Gasteiger charge is -2.34. The molecule has 0 bridgehead atoms. The highest BCUT2D eigenvalue weighted by molar-refractivity contribution is 5.86. The zero-order valence-corrected chi connectivity index (χ0v) is 15.6. The molecule has 0 radical (unpaired) electrons. The number of pyridine rings is 1. The van der Waals surface area contributed by atoms with Crippen LogP contribution >= 0.6 is 0 Å². The molecule has 1 aromatic rings. The van der Waals surface area contributed by atoms with E-state index in [1.165, 1.54) is 0 Å². The zero-order chi connectivity index (χ0) is 18.8. The summed E-state index contributed by atoms with van der Waals surface area (Å²) in [5, 5.41) is 6.03. The number of aromatic nitrogens is 1. The molecule has 2 unspecified atom stereocenters. The van der Waals surface area contributed by atoms with Crippen LogP contribution in [-0.2, 0) is 11.3 Å². The Morgan fingerprint density at radius 1 is 1.38 bits per heavy atom. The fourth-order valence-corrected chi connectivity index (χ4v) is 3.40. The molecule has 0 aliphatic carbocycles. The first-order valence-electron chi connectivity index (χ1n) is 9.59. The number of urea groups is 1. The fraction of sp³-hybridized carbons (Fsp3) is 0.632. The van der Waals surface area contributed by atoms with Gasteiger partial charge in [0.1, 0.15) is 6.04 Å². The van der Waals surface area contributed by atoms with Gasteiger partial charge in [-0.05, 0) is 50.9 Å². The summed E-state index contributed by atoms with van der Waals surface area (Å²) in [5.41, 5.74) is 6.17. The minimum Gasteiger partial charge on any atom is -0.352 e. The molecule has 1 aliphatic heterocycles. The first kappa shape index (κ1) is 20.2. The number of nitrogens with zero attached hydrogens (tertiary/aromatic N) is 2. The third-order valence-corrected chi connectivity index (χ3v) is 4.79. The Balaban J connectivity index is 2.20. The number of hydrogen-bond acceptors (Lipinski definition) is 4. The lowest BCUT2D eigenvalue weighted by atomic mass is 10.0. The topological polar surface area (TPSA) is 100 Å². The Kier molecular flexibility index (Phi) is 8.34. The van der Waals surface area contributed by atoms with Crippen LogP contribution in [0.25, 0.3) is 0 Å². The number of carbonyl (C=O) groups is 2. The van der Waals surface area contributed by atoms with Gasteiger partial charge in [0.2, 0.25) is 5.91 Å². The van der Waals surface area contributed by atoms with Crippen LogP contribution in [0.5, 0.6) is 0 Å². The summed E-state index contributed by atoms with van der Waals surface area (Å²) in [5.74, 6) is -0.0604. The van der Waals surface area contributed by atoms with Crippen LogP contribution in [0.1, 0.15) is 51.1 Å². The maximum atomic E-state index is 13.3. The lowest BCUT2D eigenvalue weighted by molar-refractivity contribution is -0.136. The van der Waals surface area contributed by atoms with Gasteiger partial charge >= 0.3 is 6.03 Å². The number of rotatable bonds is 8. The van der Waals surface area contributed by atoms with Crippen molar-refractivity contribution in [2.45, 2.75) is 64.1 Å². The summed E-state index contributed by atoms with van der Waals surface area (Å²) in [6.45, 7) is 4.38. The van der Waals surface area contributed by atoms with Crippen molar-refractivity contribution in [2.75, 3.05) is 13.1 Å². The van der Waals surface area contributed by atoms with Crippen molar-refractivity contribution in [3.63, 3.8) is 0 Å². The first-order valence-corrected chi connectivity index (χ1v) is 9.59. The highest BCUT2D eigenvalue weighted by atomic mass is 16.2. The molecule has 2 heterocycles. The van der Waals surface area contributed by atoms with Crippen LogP contribution in [0.3, 0.4) is 0 Å². The summed E-state index contributed by atoms with van der Waals surface area (Å²) in [7, 11) is 0. The van der Waals surface area contributed by atoms with E-state index in [0.29, 0.717) is 13.0 Å². The van der Waals surface area contributed by atoms with Gasteiger partial charge in [-0.3, -0.25) is 9.78 Å². The second-order valence-electron chi connectivity index (χ2n) is 6.83. The molecule has 4 N–H and O–H groups in total. The van der Waals surface area contributed by atoms with E-state index in [4.69, 9.17) is 5.73 Å². The normalized spacial score (nSPS) is 18.6. The van der Waals surface area contributed by atoms with Crippen LogP contribution in [0.4, 0.5) is 4.79 Å². The maximum Gasteiger partial charge on any atom is 0.312 e. The van der Waals surface area contributed by atoms with Crippen molar-refractivity contribution in [1.29, 1.82) is 0 Å². The number of unbranched alkanes of at least 4 members (excludes halogenated alkanes) is 1. The van der Waals surface area contributed by atoms with E-state index in [-0.39, 0.29) is 11.9 Å². The second-order valence-corrected chi connectivity index (χ2v) is 6.83. The largest absolute Gasteiger partial charge is 0.352 e. The van der Waals surface area contributed by atoms with E-state index < -0.39 is 12.1 Å². The minimum atomic E-state index is -0.653. The standard InChI is InChI=1S/C19H31N5O2/c1-2-3-9-17(23-19(20)26)18(25)24(14-15-7-4-5-12-22-15)16-8-6-11-21-13-10-16/h4-5,7,12,16-17,21H,2-3,6,8-11,13-14H2,1H3,(H3,20,23,26). The molecule has 1 aliphatic rings. The van der Waals surface area contributed by atoms with Gasteiger partial charge in [0.25, 0.3) is 0 Å². The van der Waals surface area contributed by atoms with Crippen molar-refractivity contribution in [3.05, 3.63) is 30.1 Å². The van der Waals surface area contributed by atoms with Gasteiger partial charge in [-0.25, -0.2) is 4.79 Å². The molecule has 0 saturated carbocycles. The maximum absolute atomic E-state index is 13.3. The Morgan fingerprint density at radius 3 is 2.92 bits per heavy atom. The highest BCUT2D eigenvalue weighted by Gasteiger charge is 2.30. The Hall–Kier alpha value is -2.15. The van der Waals surface area contributed by atoms with E-state index in [2.05, 4.69) is 22.5 Å². The average molecular weight is 361 g/mol. The molecule has 26 heavy (non-hydrogen) atoms. The van der Waals surface area contributed by atoms with E-state index in [1.54, 1.807) is 6.20 Å². The minimum absolute atomic E-state index is 0.0604. The molecule has 0 spiro atoms. The summed E-state index contributed by atoms with van der Waals surface area (Å²) >= 11 is 0. The van der Waals surface area contributed by atoms with Crippen LogP contribution in [0, 0.1) is 0 Å². The predicted octanol–water partition coefficient (Wildman–Crippen LogP) is 1.78. The highest BCUT2D eigenvalue weighted by Crippen LogP contribution is 2.19. The number of nitrogens with two attached hydrogens (primary N) is 1. The van der Waals surface area contributed by atoms with Gasteiger partial charge in [-0.15, -0.1) is 0 Å². The van der Waals surface area contributed by atoms with Gasteiger partial charge in [0, 0.05) is 12.2 Å². The summed E-state index contributed by atoms with van der Waals surface area (Å²) in [6, 6.07) is 4.63. The van der Waals surface area contributed by atoms with Gasteiger partial charge in [-0.2, -0.15) is 0 Å². The molecule has 1 aromatic heterocycles. The molecule has 144 valence electrons. The Labute approximate surface area is 155 Å². The number of primary amides is 1. The van der Waals surface area contributed by atoms with Gasteiger partial charge in [0.15, 0.2) is 0 Å². The molecule has 2 rings (SSSR count). The molecule has 0 aromatic carbocycles. The van der Waals surface area contributed by atoms with Gasteiger partial charge in [0.05, 0.1) is 12.2 Å². The van der Waals surface area contributed by atoms with Crippen LogP contribution < -0.4 is 16.4 Å². The van der Waals surface area contributed by atoms with E-state index >= 15 is 0 Å². The molecule has 1 fully saturated rings.